The number of hydrogen-bond donors (Lipinski definition) is 0. The highest BCUT2D eigenvalue weighted by atomic mass is 16.5. The molecule has 22 heavy (non-hydrogen) atoms. The van der Waals surface area contributed by atoms with Crippen molar-refractivity contribution in [2.45, 2.75) is 26.7 Å². The van der Waals surface area contributed by atoms with E-state index in [0.29, 0.717) is 23.1 Å². The van der Waals surface area contributed by atoms with Gasteiger partial charge in [-0.15, -0.1) is 0 Å². The average molecular weight is 300 g/mol. The fourth-order valence-corrected chi connectivity index (χ4v) is 2.21. The van der Waals surface area contributed by atoms with E-state index in [0.717, 1.165) is 24.0 Å². The molecule has 0 saturated heterocycles. The Balaban J connectivity index is 2.39. The van der Waals surface area contributed by atoms with E-state index in [-0.39, 0.29) is 5.78 Å². The lowest BCUT2D eigenvalue weighted by Gasteiger charge is -2.09. The quantitative estimate of drug-likeness (QED) is 0.768. The molecule has 0 N–H and O–H groups in total. The molecule has 0 radical (unpaired) electrons. The summed E-state index contributed by atoms with van der Waals surface area (Å²) in [6, 6.07) is 7.12. The van der Waals surface area contributed by atoms with Gasteiger partial charge in [-0.3, -0.25) is 4.79 Å². The van der Waals surface area contributed by atoms with Crippen LogP contribution in [0.1, 0.15) is 41.2 Å². The molecule has 0 fully saturated rings. The first-order valence-corrected chi connectivity index (χ1v) is 7.27. The molecule has 116 valence electrons. The lowest BCUT2D eigenvalue weighted by molar-refractivity contribution is 0.102. The molecule has 2 aromatic heterocycles. The van der Waals surface area contributed by atoms with Crippen LogP contribution in [0.2, 0.25) is 0 Å². The van der Waals surface area contributed by atoms with Gasteiger partial charge < -0.3 is 9.47 Å². The van der Waals surface area contributed by atoms with Gasteiger partial charge in [0.05, 0.1) is 14.2 Å². The van der Waals surface area contributed by atoms with E-state index in [2.05, 4.69) is 9.97 Å². The topological polar surface area (TPSA) is 61.3 Å². The van der Waals surface area contributed by atoms with Crippen LogP contribution in [0.4, 0.5) is 0 Å². The van der Waals surface area contributed by atoms with E-state index in [1.165, 1.54) is 0 Å². The first kappa shape index (κ1) is 15.9. The van der Waals surface area contributed by atoms with Gasteiger partial charge in [-0.05, 0) is 25.0 Å². The maximum Gasteiger partial charge on any atom is 0.229 e. The van der Waals surface area contributed by atoms with Gasteiger partial charge >= 0.3 is 0 Å². The zero-order valence-electron chi connectivity index (χ0n) is 13.3. The van der Waals surface area contributed by atoms with Gasteiger partial charge in [0.25, 0.3) is 0 Å². The van der Waals surface area contributed by atoms with E-state index in [1.807, 2.05) is 26.0 Å². The monoisotopic (exact) mass is 300 g/mol. The molecule has 2 heterocycles. The molecule has 2 aromatic rings. The molecule has 0 atom stereocenters. The Morgan fingerprint density at radius 1 is 0.864 bits per heavy atom. The van der Waals surface area contributed by atoms with Crippen molar-refractivity contribution in [2.24, 2.45) is 0 Å². The molecule has 2 rings (SSSR count). The van der Waals surface area contributed by atoms with Gasteiger partial charge in [0.2, 0.25) is 17.5 Å². The smallest absolute Gasteiger partial charge is 0.229 e. The third-order valence-corrected chi connectivity index (χ3v) is 3.49. The van der Waals surface area contributed by atoms with Gasteiger partial charge in [0.1, 0.15) is 11.4 Å². The number of carbonyl (C=O) groups is 1. The summed E-state index contributed by atoms with van der Waals surface area (Å²) < 4.78 is 10.5. The van der Waals surface area contributed by atoms with Crippen molar-refractivity contribution in [1.29, 1.82) is 0 Å². The predicted octanol–water partition coefficient (Wildman–Crippen LogP) is 2.85. The Morgan fingerprint density at radius 3 is 1.59 bits per heavy atom. The van der Waals surface area contributed by atoms with Crippen LogP contribution in [0, 0.1) is 0 Å². The number of carbonyl (C=O) groups excluding carboxylic acids is 1. The van der Waals surface area contributed by atoms with Crippen molar-refractivity contribution < 1.29 is 14.3 Å². The van der Waals surface area contributed by atoms with Gasteiger partial charge in [-0.25, -0.2) is 9.97 Å². The van der Waals surface area contributed by atoms with Crippen LogP contribution in [-0.4, -0.2) is 30.0 Å². The molecule has 0 spiro atoms. The van der Waals surface area contributed by atoms with E-state index < -0.39 is 0 Å². The fraction of sp³-hybridized carbons (Fsp3) is 0.353. The predicted molar refractivity (Wildman–Crippen MR) is 83.8 cm³/mol. The molecule has 0 aliphatic rings. The summed E-state index contributed by atoms with van der Waals surface area (Å²) in [4.78, 5) is 21.1. The third-order valence-electron chi connectivity index (χ3n) is 3.49. The van der Waals surface area contributed by atoms with Gasteiger partial charge in [-0.2, -0.15) is 0 Å². The number of aromatic nitrogens is 2. The molecule has 0 amide bonds. The molecule has 0 saturated carbocycles. The van der Waals surface area contributed by atoms with Gasteiger partial charge in [0, 0.05) is 11.1 Å². The van der Waals surface area contributed by atoms with Crippen molar-refractivity contribution >= 4 is 5.78 Å². The standard InChI is InChI=1S/C17H20N2O3/c1-5-11-7-9-13(18-16(11)21-3)15(20)14-10-8-12(6-2)17(19-14)22-4/h7-10H,5-6H2,1-4H3. The zero-order chi connectivity index (χ0) is 16.1. The van der Waals surface area contributed by atoms with E-state index in [4.69, 9.17) is 9.47 Å². The van der Waals surface area contributed by atoms with Gasteiger partial charge in [0.15, 0.2) is 0 Å². The summed E-state index contributed by atoms with van der Waals surface area (Å²) >= 11 is 0. The van der Waals surface area contributed by atoms with Crippen molar-refractivity contribution in [3.63, 3.8) is 0 Å². The average Bonchev–Trinajstić information content (AvgIpc) is 2.59. The van der Waals surface area contributed by atoms with E-state index in [1.54, 1.807) is 26.4 Å². The Kier molecular flexibility index (Phi) is 5.09. The summed E-state index contributed by atoms with van der Waals surface area (Å²) in [6.07, 6.45) is 1.59. The first-order chi connectivity index (χ1) is 10.6. The van der Waals surface area contributed by atoms with Gasteiger partial charge in [-0.1, -0.05) is 26.0 Å². The molecule has 0 unspecified atom stereocenters. The van der Waals surface area contributed by atoms with Crippen LogP contribution in [0.3, 0.4) is 0 Å². The molecule has 0 aliphatic carbocycles. The number of hydrogen-bond acceptors (Lipinski definition) is 5. The Morgan fingerprint density at radius 2 is 1.27 bits per heavy atom. The van der Waals surface area contributed by atoms with Crippen molar-refractivity contribution in [1.82, 2.24) is 9.97 Å². The van der Waals surface area contributed by atoms with Crippen LogP contribution >= 0.6 is 0 Å². The van der Waals surface area contributed by atoms with Crippen molar-refractivity contribution in [3.8, 4) is 11.8 Å². The third kappa shape index (κ3) is 3.08. The number of ether oxygens (including phenoxy) is 2. The lowest BCUT2D eigenvalue weighted by atomic mass is 10.1. The maximum absolute atomic E-state index is 12.5. The molecule has 5 nitrogen and oxygen atoms in total. The SMILES string of the molecule is CCc1ccc(C(=O)c2ccc(CC)c(OC)n2)nc1OC. The second kappa shape index (κ2) is 7.02. The summed E-state index contributed by atoms with van der Waals surface area (Å²) in [5, 5.41) is 0. The second-order valence-corrected chi connectivity index (χ2v) is 4.77. The van der Waals surface area contributed by atoms with Crippen molar-refractivity contribution in [3.05, 3.63) is 46.8 Å². The number of nitrogens with zero attached hydrogens (tertiary/aromatic N) is 2. The molecular weight excluding hydrogens is 280 g/mol. The van der Waals surface area contributed by atoms with E-state index >= 15 is 0 Å². The van der Waals surface area contributed by atoms with E-state index in [9.17, 15) is 4.79 Å². The van der Waals surface area contributed by atoms with Crippen LogP contribution < -0.4 is 9.47 Å². The molecule has 5 heteroatoms. The number of aryl methyl sites for hydroxylation is 2. The fourth-order valence-electron chi connectivity index (χ4n) is 2.21. The highest BCUT2D eigenvalue weighted by molar-refractivity contribution is 6.06. The Labute approximate surface area is 130 Å². The minimum atomic E-state index is -0.248. The first-order valence-electron chi connectivity index (χ1n) is 7.27. The second-order valence-electron chi connectivity index (χ2n) is 4.77. The Hall–Kier alpha value is -2.43. The van der Waals surface area contributed by atoms with Crippen LogP contribution in [0.5, 0.6) is 11.8 Å². The van der Waals surface area contributed by atoms with Crippen LogP contribution in [0.25, 0.3) is 0 Å². The normalized spacial score (nSPS) is 10.4. The number of pyridine rings is 2. The van der Waals surface area contributed by atoms with Crippen LogP contribution in [0.15, 0.2) is 24.3 Å². The van der Waals surface area contributed by atoms with Crippen molar-refractivity contribution in [2.75, 3.05) is 14.2 Å². The highest BCUT2D eigenvalue weighted by Gasteiger charge is 2.16. The summed E-state index contributed by atoms with van der Waals surface area (Å²) in [7, 11) is 3.10. The Bertz CT molecular complexity index is 626. The zero-order valence-corrected chi connectivity index (χ0v) is 13.3. The summed E-state index contributed by atoms with van der Waals surface area (Å²) in [5.74, 6) is 0.706. The largest absolute Gasteiger partial charge is 0.481 e. The molecule has 0 aliphatic heterocycles. The lowest BCUT2D eigenvalue weighted by Crippen LogP contribution is -2.09. The number of ketones is 1. The number of methoxy groups -OCH3 is 2. The summed E-state index contributed by atoms with van der Waals surface area (Å²) in [6.45, 7) is 4.02. The number of rotatable bonds is 6. The maximum atomic E-state index is 12.5. The highest BCUT2D eigenvalue weighted by Crippen LogP contribution is 2.20. The minimum absolute atomic E-state index is 0.248. The molecular formula is C17H20N2O3. The van der Waals surface area contributed by atoms with Crippen LogP contribution in [-0.2, 0) is 12.8 Å². The summed E-state index contributed by atoms with van der Waals surface area (Å²) in [5.41, 5.74) is 2.55. The molecule has 0 aromatic carbocycles. The molecule has 0 bridgehead atoms. The minimum Gasteiger partial charge on any atom is -0.481 e.